The molecule has 1 fully saturated rings. The summed E-state index contributed by atoms with van der Waals surface area (Å²) in [5.74, 6) is 0.133. The van der Waals surface area contributed by atoms with E-state index in [2.05, 4.69) is 10.2 Å². The third-order valence-corrected chi connectivity index (χ3v) is 8.74. The number of carboxylic acids is 1. The maximum absolute atomic E-state index is 13.0. The molecule has 0 spiro atoms. The minimum atomic E-state index is -1.14. The summed E-state index contributed by atoms with van der Waals surface area (Å²) in [6.45, 7) is 3.69. The fraction of sp³-hybridized carbons (Fsp3) is 0.471. The lowest BCUT2D eigenvalue weighted by Gasteiger charge is -2.52. The van der Waals surface area contributed by atoms with Crippen molar-refractivity contribution in [2.45, 2.75) is 29.6 Å². The molecule has 1 aromatic heterocycles. The molecule has 0 bridgehead atoms. The van der Waals surface area contributed by atoms with Gasteiger partial charge in [0.15, 0.2) is 4.34 Å². The molecule has 0 radical (unpaired) electrons. The van der Waals surface area contributed by atoms with Gasteiger partial charge in [-0.25, -0.2) is 4.79 Å². The van der Waals surface area contributed by atoms with E-state index in [1.165, 1.54) is 63.3 Å². The highest BCUT2D eigenvalue weighted by molar-refractivity contribution is 8.02. The molecule has 1 aromatic rings. The van der Waals surface area contributed by atoms with Crippen LogP contribution in [-0.4, -0.2) is 78.2 Å². The number of thioether (sulfide) groups is 3. The van der Waals surface area contributed by atoms with Gasteiger partial charge in [0.05, 0.1) is 6.61 Å². The summed E-state index contributed by atoms with van der Waals surface area (Å²) >= 11 is 5.82. The van der Waals surface area contributed by atoms with Crippen molar-refractivity contribution in [3.63, 3.8) is 0 Å². The van der Waals surface area contributed by atoms with E-state index in [9.17, 15) is 19.5 Å². The second-order valence-corrected chi connectivity index (χ2v) is 11.0. The van der Waals surface area contributed by atoms with E-state index < -0.39 is 23.3 Å². The third kappa shape index (κ3) is 3.95. The summed E-state index contributed by atoms with van der Waals surface area (Å²) in [5.41, 5.74) is 0.664. The number of carbonyl (C=O) groups excluding carboxylic acids is 2. The van der Waals surface area contributed by atoms with Crippen LogP contribution in [0.3, 0.4) is 0 Å². The Bertz CT molecular complexity index is 962. The molecule has 2 unspecified atom stereocenters. The minimum absolute atomic E-state index is 0.00477. The number of amides is 2. The van der Waals surface area contributed by atoms with Gasteiger partial charge in [0.2, 0.25) is 11.8 Å². The maximum atomic E-state index is 13.0. The largest absolute Gasteiger partial charge is 0.477 e. The van der Waals surface area contributed by atoms with Gasteiger partial charge in [0.1, 0.15) is 22.1 Å². The van der Waals surface area contributed by atoms with Gasteiger partial charge in [-0.1, -0.05) is 23.1 Å². The average Bonchev–Trinajstić information content (AvgIpc) is 3.14. The van der Waals surface area contributed by atoms with Crippen LogP contribution in [0.4, 0.5) is 0 Å². The molecule has 3 aliphatic rings. The fourth-order valence-electron chi connectivity index (χ4n) is 3.34. The fourth-order valence-corrected chi connectivity index (χ4v) is 7.30. The summed E-state index contributed by atoms with van der Waals surface area (Å²) in [7, 11) is 0. The van der Waals surface area contributed by atoms with Gasteiger partial charge in [-0.15, -0.1) is 33.7 Å². The predicted octanol–water partition coefficient (Wildman–Crippen LogP) is 1.97. The topological polar surface area (TPSA) is 113 Å². The van der Waals surface area contributed by atoms with Gasteiger partial charge in [-0.2, -0.15) is 0 Å². The number of carboxylic acid groups (broad SMARTS) is 1. The van der Waals surface area contributed by atoms with Crippen LogP contribution in [0.5, 0.6) is 0 Å². The Morgan fingerprint density at radius 3 is 2.83 bits per heavy atom. The van der Waals surface area contributed by atoms with Gasteiger partial charge >= 0.3 is 5.97 Å². The highest BCUT2D eigenvalue weighted by atomic mass is 32.2. The lowest BCUT2D eigenvalue weighted by atomic mass is 10.0. The van der Waals surface area contributed by atoms with Crippen molar-refractivity contribution in [2.75, 3.05) is 23.9 Å². The summed E-state index contributed by atoms with van der Waals surface area (Å²) in [5, 5.41) is 19.9. The van der Waals surface area contributed by atoms with Gasteiger partial charge in [-0.05, 0) is 12.5 Å². The molecule has 0 aliphatic carbocycles. The lowest BCUT2D eigenvalue weighted by Crippen LogP contribution is -2.71. The minimum Gasteiger partial charge on any atom is -0.477 e. The zero-order chi connectivity index (χ0) is 21.4. The van der Waals surface area contributed by atoms with E-state index in [0.29, 0.717) is 29.6 Å². The third-order valence-electron chi connectivity index (χ3n) is 4.59. The Labute approximate surface area is 189 Å². The first-order valence-corrected chi connectivity index (χ1v) is 12.9. The zero-order valence-corrected chi connectivity index (χ0v) is 19.3. The van der Waals surface area contributed by atoms with Crippen molar-refractivity contribution >= 4 is 64.4 Å². The normalized spacial score (nSPS) is 23.3. The van der Waals surface area contributed by atoms with Crippen molar-refractivity contribution in [3.05, 3.63) is 27.6 Å². The van der Waals surface area contributed by atoms with E-state index in [0.717, 1.165) is 15.1 Å². The number of fused-ring (bicyclic) bond motifs is 1. The van der Waals surface area contributed by atoms with E-state index in [4.69, 9.17) is 4.74 Å². The van der Waals surface area contributed by atoms with Crippen LogP contribution in [0.25, 0.3) is 0 Å². The SMILES string of the molecule is CC(=O)N(C1=CSCCO1)C1C(=O)N2C(C(=O)O)=C(CSc3nnc(C)s3)CSC12. The Kier molecular flexibility index (Phi) is 6.32. The quantitative estimate of drug-likeness (QED) is 0.473. The summed E-state index contributed by atoms with van der Waals surface area (Å²) in [4.78, 5) is 40.0. The molecule has 3 aliphatic heterocycles. The Balaban J connectivity index is 1.57. The van der Waals surface area contributed by atoms with Crippen molar-refractivity contribution < 1.29 is 24.2 Å². The van der Waals surface area contributed by atoms with Crippen LogP contribution >= 0.6 is 46.6 Å². The van der Waals surface area contributed by atoms with Crippen LogP contribution in [0.2, 0.25) is 0 Å². The molecular weight excluding hydrogens is 468 g/mol. The molecule has 9 nitrogen and oxygen atoms in total. The lowest BCUT2D eigenvalue weighted by molar-refractivity contribution is -0.159. The van der Waals surface area contributed by atoms with E-state index in [1.807, 2.05) is 6.92 Å². The number of hydrogen-bond donors (Lipinski definition) is 1. The van der Waals surface area contributed by atoms with Crippen molar-refractivity contribution in [3.8, 4) is 0 Å². The van der Waals surface area contributed by atoms with Gasteiger partial charge < -0.3 is 9.84 Å². The van der Waals surface area contributed by atoms with Crippen molar-refractivity contribution in [2.24, 2.45) is 0 Å². The van der Waals surface area contributed by atoms with Crippen LogP contribution < -0.4 is 0 Å². The van der Waals surface area contributed by atoms with Gasteiger partial charge in [0, 0.05) is 29.6 Å². The molecule has 1 saturated heterocycles. The maximum Gasteiger partial charge on any atom is 0.352 e. The summed E-state index contributed by atoms with van der Waals surface area (Å²) in [6.07, 6.45) is 0. The smallest absolute Gasteiger partial charge is 0.352 e. The molecule has 4 heterocycles. The predicted molar refractivity (Wildman–Crippen MR) is 116 cm³/mol. The van der Waals surface area contributed by atoms with Crippen molar-refractivity contribution in [1.82, 2.24) is 20.0 Å². The summed E-state index contributed by atoms with van der Waals surface area (Å²) in [6, 6.07) is -0.771. The van der Waals surface area contributed by atoms with E-state index in [-0.39, 0.29) is 11.6 Å². The van der Waals surface area contributed by atoms with Gasteiger partial charge in [0.25, 0.3) is 5.91 Å². The van der Waals surface area contributed by atoms with Crippen LogP contribution in [0, 0.1) is 6.92 Å². The molecule has 0 aromatic carbocycles. The molecule has 30 heavy (non-hydrogen) atoms. The first-order valence-electron chi connectivity index (χ1n) is 8.95. The Morgan fingerprint density at radius 2 is 2.23 bits per heavy atom. The standard InChI is InChI=1S/C17H18N4O5S4/c1-8-18-19-17(30-8)29-6-10-5-28-15-13(14(23)21(15)12(10)16(24)25)20(9(2)22)11-7-27-4-3-26-11/h7,13,15H,3-6H2,1-2H3,(H,24,25). The van der Waals surface area contributed by atoms with Crippen molar-refractivity contribution in [1.29, 1.82) is 0 Å². The number of ether oxygens (including phenoxy) is 1. The summed E-state index contributed by atoms with van der Waals surface area (Å²) < 4.78 is 6.35. The van der Waals surface area contributed by atoms with E-state index in [1.54, 1.807) is 5.41 Å². The molecule has 0 saturated carbocycles. The first-order chi connectivity index (χ1) is 14.4. The number of aliphatic carboxylic acids is 1. The monoisotopic (exact) mass is 486 g/mol. The number of aromatic nitrogens is 2. The Hall–Kier alpha value is -1.70. The molecular formula is C17H18N4O5S4. The van der Waals surface area contributed by atoms with Crippen LogP contribution in [0.15, 0.2) is 26.9 Å². The number of β-lactam (4-membered cyclic amide) rings is 1. The van der Waals surface area contributed by atoms with Gasteiger partial charge in [-0.3, -0.25) is 19.4 Å². The highest BCUT2D eigenvalue weighted by Crippen LogP contribution is 2.44. The zero-order valence-electron chi connectivity index (χ0n) is 16.1. The molecule has 160 valence electrons. The number of nitrogens with zero attached hydrogens (tertiary/aromatic N) is 4. The second-order valence-electron chi connectivity index (χ2n) is 6.55. The number of rotatable bonds is 6. The van der Waals surface area contributed by atoms with E-state index >= 15 is 0 Å². The molecule has 2 atom stereocenters. The molecule has 4 rings (SSSR count). The molecule has 1 N–H and O–H groups in total. The second kappa shape index (κ2) is 8.81. The first kappa shape index (κ1) is 21.5. The molecule has 2 amide bonds. The molecule has 13 heteroatoms. The van der Waals surface area contributed by atoms with Crippen LogP contribution in [0.1, 0.15) is 11.9 Å². The number of aryl methyl sites for hydroxylation is 1. The highest BCUT2D eigenvalue weighted by Gasteiger charge is 2.57. The average molecular weight is 487 g/mol. The number of carbonyl (C=O) groups is 3. The Morgan fingerprint density at radius 1 is 1.43 bits per heavy atom. The van der Waals surface area contributed by atoms with Crippen LogP contribution in [-0.2, 0) is 19.1 Å². The number of hydrogen-bond acceptors (Lipinski definition) is 10.